The summed E-state index contributed by atoms with van der Waals surface area (Å²) in [5, 5.41) is 0. The Hall–Kier alpha value is -0.970. The summed E-state index contributed by atoms with van der Waals surface area (Å²) in [6, 6.07) is 10.3. The van der Waals surface area contributed by atoms with Crippen LogP contribution < -0.4 is 5.73 Å². The van der Waals surface area contributed by atoms with Gasteiger partial charge in [0, 0.05) is 26.2 Å². The van der Waals surface area contributed by atoms with Gasteiger partial charge in [-0.3, -0.25) is 0 Å². The van der Waals surface area contributed by atoms with E-state index in [0.717, 1.165) is 26.2 Å². The van der Waals surface area contributed by atoms with Crippen LogP contribution in [0, 0.1) is 5.92 Å². The van der Waals surface area contributed by atoms with Crippen LogP contribution in [0.1, 0.15) is 24.3 Å². The lowest BCUT2D eigenvalue weighted by Crippen LogP contribution is -2.40. The van der Waals surface area contributed by atoms with Gasteiger partial charge in [0.2, 0.25) is 0 Å². The molecule has 0 saturated carbocycles. The summed E-state index contributed by atoms with van der Waals surface area (Å²) in [7, 11) is 1.78. The minimum absolute atomic E-state index is 0.158. The number of piperidine rings is 1. The van der Waals surface area contributed by atoms with Gasteiger partial charge in [0.05, 0.1) is 4.99 Å². The first-order valence-corrected chi connectivity index (χ1v) is 7.67. The molecule has 1 aromatic carbocycles. The van der Waals surface area contributed by atoms with E-state index in [1.807, 2.05) is 18.2 Å². The number of hydrogen-bond acceptors (Lipinski definition) is 3. The molecule has 1 aliphatic heterocycles. The van der Waals surface area contributed by atoms with E-state index in [-0.39, 0.29) is 5.92 Å². The second-order valence-corrected chi connectivity index (χ2v) is 6.04. The Bertz CT molecular complexity index is 416. The first kappa shape index (κ1) is 15.4. The van der Waals surface area contributed by atoms with Crippen LogP contribution in [-0.4, -0.2) is 43.2 Å². The third-order valence-electron chi connectivity index (χ3n) is 4.10. The van der Waals surface area contributed by atoms with Gasteiger partial charge in [-0.05, 0) is 37.4 Å². The lowest BCUT2D eigenvalue weighted by Gasteiger charge is -2.34. The number of benzene rings is 1. The fraction of sp³-hybridized carbons (Fsp3) is 0.562. The Labute approximate surface area is 127 Å². The second kappa shape index (κ2) is 7.72. The van der Waals surface area contributed by atoms with Gasteiger partial charge < -0.3 is 15.4 Å². The highest BCUT2D eigenvalue weighted by molar-refractivity contribution is 7.80. The third-order valence-corrected chi connectivity index (χ3v) is 4.38. The van der Waals surface area contributed by atoms with Crippen molar-refractivity contribution in [1.29, 1.82) is 0 Å². The van der Waals surface area contributed by atoms with Crippen molar-refractivity contribution in [2.75, 3.05) is 33.4 Å². The predicted octanol–water partition coefficient (Wildman–Crippen LogP) is 2.41. The fourth-order valence-electron chi connectivity index (χ4n) is 2.87. The van der Waals surface area contributed by atoms with Crippen molar-refractivity contribution in [3.05, 3.63) is 35.9 Å². The zero-order chi connectivity index (χ0) is 14.4. The van der Waals surface area contributed by atoms with Crippen molar-refractivity contribution in [3.63, 3.8) is 0 Å². The van der Waals surface area contributed by atoms with E-state index in [1.165, 1.54) is 18.4 Å². The summed E-state index contributed by atoms with van der Waals surface area (Å²) in [4.78, 5) is 3.07. The van der Waals surface area contributed by atoms with Crippen LogP contribution in [0.4, 0.5) is 0 Å². The van der Waals surface area contributed by atoms with Gasteiger partial charge in [0.1, 0.15) is 0 Å². The largest absolute Gasteiger partial charge is 0.393 e. The standard InChI is InChI=1S/C16H24N2OS/c1-19-12-13-7-9-18(10-8-13)11-15(16(17)20)14-5-3-2-4-6-14/h2-6,13,15H,7-12H2,1H3,(H2,17,20). The van der Waals surface area contributed by atoms with Gasteiger partial charge >= 0.3 is 0 Å². The van der Waals surface area contributed by atoms with Gasteiger partial charge in [-0.2, -0.15) is 0 Å². The average molecular weight is 292 g/mol. The van der Waals surface area contributed by atoms with Crippen LogP contribution in [0.15, 0.2) is 30.3 Å². The molecule has 20 heavy (non-hydrogen) atoms. The molecule has 1 fully saturated rings. The molecule has 0 bridgehead atoms. The van der Waals surface area contributed by atoms with Gasteiger partial charge in [-0.15, -0.1) is 0 Å². The molecule has 1 unspecified atom stereocenters. The first-order valence-electron chi connectivity index (χ1n) is 7.26. The quantitative estimate of drug-likeness (QED) is 0.817. The molecule has 0 amide bonds. The van der Waals surface area contributed by atoms with E-state index in [9.17, 15) is 0 Å². The zero-order valence-corrected chi connectivity index (χ0v) is 12.9. The van der Waals surface area contributed by atoms with E-state index < -0.39 is 0 Å². The molecule has 2 N–H and O–H groups in total. The van der Waals surface area contributed by atoms with Crippen molar-refractivity contribution in [3.8, 4) is 0 Å². The molecule has 0 spiro atoms. The number of thiocarbonyl (C=S) groups is 1. The van der Waals surface area contributed by atoms with Crippen LogP contribution in [0.25, 0.3) is 0 Å². The fourth-order valence-corrected chi connectivity index (χ4v) is 3.09. The molecule has 0 aromatic heterocycles. The van der Waals surface area contributed by atoms with Crippen molar-refractivity contribution in [1.82, 2.24) is 4.90 Å². The van der Waals surface area contributed by atoms with E-state index in [1.54, 1.807) is 7.11 Å². The Balaban J connectivity index is 1.92. The molecule has 1 saturated heterocycles. The van der Waals surface area contributed by atoms with Gasteiger partial charge in [-0.1, -0.05) is 42.5 Å². The smallest absolute Gasteiger partial charge is 0.0816 e. The number of hydrogen-bond donors (Lipinski definition) is 1. The van der Waals surface area contributed by atoms with Crippen molar-refractivity contribution in [2.45, 2.75) is 18.8 Å². The maximum Gasteiger partial charge on any atom is 0.0816 e. The Kier molecular flexibility index (Phi) is 5.95. The minimum atomic E-state index is 0.158. The average Bonchev–Trinajstić information content (AvgIpc) is 2.47. The maximum absolute atomic E-state index is 5.95. The normalized spacial score (nSPS) is 18.9. The zero-order valence-electron chi connectivity index (χ0n) is 12.1. The lowest BCUT2D eigenvalue weighted by atomic mass is 9.94. The monoisotopic (exact) mass is 292 g/mol. The van der Waals surface area contributed by atoms with Gasteiger partial charge in [0.25, 0.3) is 0 Å². The van der Waals surface area contributed by atoms with Crippen molar-refractivity contribution in [2.24, 2.45) is 11.7 Å². The minimum Gasteiger partial charge on any atom is -0.393 e. The predicted molar refractivity (Wildman–Crippen MR) is 87.0 cm³/mol. The summed E-state index contributed by atoms with van der Waals surface area (Å²) in [6.07, 6.45) is 2.40. The summed E-state index contributed by atoms with van der Waals surface area (Å²) >= 11 is 5.26. The van der Waals surface area contributed by atoms with E-state index >= 15 is 0 Å². The van der Waals surface area contributed by atoms with Crippen LogP contribution >= 0.6 is 12.2 Å². The molecule has 3 nitrogen and oxygen atoms in total. The topological polar surface area (TPSA) is 38.5 Å². The number of rotatable bonds is 6. The highest BCUT2D eigenvalue weighted by Gasteiger charge is 2.23. The Morgan fingerprint density at radius 3 is 2.55 bits per heavy atom. The molecule has 1 heterocycles. The Morgan fingerprint density at radius 1 is 1.35 bits per heavy atom. The molecule has 2 rings (SSSR count). The highest BCUT2D eigenvalue weighted by atomic mass is 32.1. The van der Waals surface area contributed by atoms with E-state index in [0.29, 0.717) is 10.9 Å². The van der Waals surface area contributed by atoms with E-state index in [4.69, 9.17) is 22.7 Å². The molecule has 0 aliphatic carbocycles. The van der Waals surface area contributed by atoms with Crippen molar-refractivity contribution < 1.29 is 4.74 Å². The number of nitrogens with zero attached hydrogens (tertiary/aromatic N) is 1. The number of likely N-dealkylation sites (tertiary alicyclic amines) is 1. The van der Waals surface area contributed by atoms with Crippen molar-refractivity contribution >= 4 is 17.2 Å². The highest BCUT2D eigenvalue weighted by Crippen LogP contribution is 2.22. The maximum atomic E-state index is 5.95. The SMILES string of the molecule is COCC1CCN(CC(C(N)=S)c2ccccc2)CC1. The third kappa shape index (κ3) is 4.27. The van der Waals surface area contributed by atoms with Crippen LogP contribution in [-0.2, 0) is 4.74 Å². The van der Waals surface area contributed by atoms with Crippen LogP contribution in [0.3, 0.4) is 0 Å². The molecule has 1 atom stereocenters. The molecule has 1 aliphatic rings. The molecule has 4 heteroatoms. The molecule has 0 radical (unpaired) electrons. The van der Waals surface area contributed by atoms with Gasteiger partial charge in [-0.25, -0.2) is 0 Å². The van der Waals surface area contributed by atoms with Gasteiger partial charge in [0.15, 0.2) is 0 Å². The summed E-state index contributed by atoms with van der Waals surface area (Å²) in [5.74, 6) is 0.862. The molecular weight excluding hydrogens is 268 g/mol. The number of nitrogens with two attached hydrogens (primary N) is 1. The molecule has 1 aromatic rings. The molecular formula is C16H24N2OS. The first-order chi connectivity index (χ1) is 9.70. The van der Waals surface area contributed by atoms with Crippen LogP contribution in [0.2, 0.25) is 0 Å². The Morgan fingerprint density at radius 2 is 2.00 bits per heavy atom. The summed E-state index contributed by atoms with van der Waals surface area (Å²) in [6.45, 7) is 4.03. The second-order valence-electron chi connectivity index (χ2n) is 5.56. The summed E-state index contributed by atoms with van der Waals surface area (Å²) in [5.41, 5.74) is 7.17. The number of methoxy groups -OCH3 is 1. The van der Waals surface area contributed by atoms with Crippen LogP contribution in [0.5, 0.6) is 0 Å². The molecule has 110 valence electrons. The lowest BCUT2D eigenvalue weighted by molar-refractivity contribution is 0.0991. The summed E-state index contributed by atoms with van der Waals surface area (Å²) < 4.78 is 5.25. The number of ether oxygens (including phenoxy) is 1. The van der Waals surface area contributed by atoms with E-state index in [2.05, 4.69) is 17.0 Å².